The van der Waals surface area contributed by atoms with E-state index < -0.39 is 28.2 Å². The molecule has 2 aromatic rings. The van der Waals surface area contributed by atoms with E-state index in [1.165, 1.54) is 18.2 Å². The minimum atomic E-state index is -1.13. The number of nitrogens with two attached hydrogens (primary N) is 1. The molecule has 0 bridgehead atoms. The number of hydrogen-bond donors (Lipinski definition) is 4. The van der Waals surface area contributed by atoms with Crippen LogP contribution in [0.3, 0.4) is 0 Å². The Bertz CT molecular complexity index is 1250. The first kappa shape index (κ1) is 22.9. The zero-order chi connectivity index (χ0) is 24.6. The number of piperidine rings is 1. The van der Waals surface area contributed by atoms with Gasteiger partial charge >= 0.3 is 0 Å². The minimum absolute atomic E-state index is 0.0101. The van der Waals surface area contributed by atoms with Gasteiger partial charge in [-0.15, -0.1) is 0 Å². The molecule has 178 valence electrons. The summed E-state index contributed by atoms with van der Waals surface area (Å²) in [4.78, 5) is 69.0. The van der Waals surface area contributed by atoms with Gasteiger partial charge in [-0.1, -0.05) is 6.07 Å². The number of H-pyrrole nitrogens is 1. The maximum atomic E-state index is 13.1. The zero-order valence-electron chi connectivity index (χ0n) is 18.3. The number of rotatable bonds is 5. The van der Waals surface area contributed by atoms with Crippen LogP contribution in [0.5, 0.6) is 0 Å². The van der Waals surface area contributed by atoms with E-state index in [1.54, 1.807) is 11.8 Å². The molecule has 1 fully saturated rings. The third-order valence-corrected chi connectivity index (χ3v) is 6.14. The number of carbonyl (C=O) groups is 3. The summed E-state index contributed by atoms with van der Waals surface area (Å²) < 4.78 is 0. The molecule has 13 nitrogen and oxygen atoms in total. The van der Waals surface area contributed by atoms with E-state index in [4.69, 9.17) is 5.73 Å². The molecule has 5 N–H and O–H groups in total. The van der Waals surface area contributed by atoms with Gasteiger partial charge in [0.05, 0.1) is 22.1 Å². The lowest BCUT2D eigenvalue weighted by molar-refractivity contribution is -0.384. The Morgan fingerprint density at radius 2 is 1.97 bits per heavy atom. The van der Waals surface area contributed by atoms with Gasteiger partial charge in [0.15, 0.2) is 0 Å². The van der Waals surface area contributed by atoms with Gasteiger partial charge in [-0.25, -0.2) is 0 Å². The summed E-state index contributed by atoms with van der Waals surface area (Å²) in [7, 11) is 0. The summed E-state index contributed by atoms with van der Waals surface area (Å²) in [6, 6.07) is 4.03. The second-order valence-electron chi connectivity index (χ2n) is 8.37. The van der Waals surface area contributed by atoms with Crippen LogP contribution in [0.4, 0.5) is 23.1 Å². The van der Waals surface area contributed by atoms with Gasteiger partial charge in [-0.05, 0) is 25.3 Å². The van der Waals surface area contributed by atoms with Crippen LogP contribution in [0.25, 0.3) is 0 Å². The van der Waals surface area contributed by atoms with Gasteiger partial charge in [0.2, 0.25) is 23.7 Å². The number of primary amides is 1. The van der Waals surface area contributed by atoms with Crippen LogP contribution in [0.2, 0.25) is 0 Å². The highest BCUT2D eigenvalue weighted by atomic mass is 16.6. The SMILES string of the molecule is Cc1ccc([N+](=O)[O-])cc1NC(=O)C1CC(=O)Nc2nc(N3CCC(C(N)=O)CC3)[nH]c(=O)c21. The molecule has 1 atom stereocenters. The van der Waals surface area contributed by atoms with E-state index in [1.807, 2.05) is 0 Å². The van der Waals surface area contributed by atoms with Crippen molar-refractivity contribution in [2.24, 2.45) is 11.7 Å². The number of benzene rings is 1. The summed E-state index contributed by atoms with van der Waals surface area (Å²) in [6.07, 6.45) is 0.743. The first-order valence-electron chi connectivity index (χ1n) is 10.7. The number of carbonyl (C=O) groups excluding carboxylic acids is 3. The zero-order valence-corrected chi connectivity index (χ0v) is 18.3. The highest BCUT2D eigenvalue weighted by molar-refractivity contribution is 6.04. The maximum Gasteiger partial charge on any atom is 0.271 e. The number of nitro benzene ring substituents is 1. The van der Waals surface area contributed by atoms with Crippen LogP contribution in [0.15, 0.2) is 23.0 Å². The summed E-state index contributed by atoms with van der Waals surface area (Å²) in [6.45, 7) is 2.56. The fourth-order valence-corrected chi connectivity index (χ4v) is 4.19. The summed E-state index contributed by atoms with van der Waals surface area (Å²) in [5.41, 5.74) is 5.39. The summed E-state index contributed by atoms with van der Waals surface area (Å²) in [5.74, 6) is -2.67. The lowest BCUT2D eigenvalue weighted by Crippen LogP contribution is -2.41. The highest BCUT2D eigenvalue weighted by Gasteiger charge is 2.36. The second kappa shape index (κ2) is 8.92. The molecule has 2 aliphatic rings. The smallest absolute Gasteiger partial charge is 0.271 e. The number of fused-ring (bicyclic) bond motifs is 1. The molecule has 2 aliphatic heterocycles. The monoisotopic (exact) mass is 469 g/mol. The van der Waals surface area contributed by atoms with Crippen LogP contribution in [0, 0.1) is 23.0 Å². The van der Waals surface area contributed by atoms with Crippen molar-refractivity contribution < 1.29 is 19.3 Å². The van der Waals surface area contributed by atoms with Crippen molar-refractivity contribution in [2.45, 2.75) is 32.1 Å². The van der Waals surface area contributed by atoms with Crippen molar-refractivity contribution in [3.05, 3.63) is 49.8 Å². The number of nitrogens with zero attached hydrogens (tertiary/aromatic N) is 3. The van der Waals surface area contributed by atoms with E-state index in [0.29, 0.717) is 31.5 Å². The molecule has 1 saturated heterocycles. The molecular weight excluding hydrogens is 446 g/mol. The van der Waals surface area contributed by atoms with Gasteiger partial charge in [-0.3, -0.25) is 34.3 Å². The lowest BCUT2D eigenvalue weighted by Gasteiger charge is -2.32. The van der Waals surface area contributed by atoms with Crippen molar-refractivity contribution in [1.82, 2.24) is 9.97 Å². The third-order valence-electron chi connectivity index (χ3n) is 6.14. The fraction of sp³-hybridized carbons (Fsp3) is 0.381. The summed E-state index contributed by atoms with van der Waals surface area (Å²) in [5, 5.41) is 16.2. The average Bonchev–Trinajstić information content (AvgIpc) is 2.79. The Morgan fingerprint density at radius 1 is 1.26 bits per heavy atom. The van der Waals surface area contributed by atoms with Crippen LogP contribution >= 0.6 is 0 Å². The first-order chi connectivity index (χ1) is 16.1. The minimum Gasteiger partial charge on any atom is -0.369 e. The standard InChI is InChI=1S/C21H23N7O6/c1-10-2-3-12(28(33)34)8-14(10)23-19(31)13-9-15(29)24-18-16(13)20(32)26-21(25-18)27-6-4-11(5-7-27)17(22)30/h2-3,8,11,13H,4-7,9H2,1H3,(H2,22,30)(H,23,31)(H2,24,25,26,29,32). The van der Waals surface area contributed by atoms with E-state index in [2.05, 4.69) is 20.6 Å². The Kier molecular flexibility index (Phi) is 6.01. The molecule has 3 amide bonds. The van der Waals surface area contributed by atoms with Crippen molar-refractivity contribution in [2.75, 3.05) is 28.6 Å². The Hall–Kier alpha value is -4.29. The average molecular weight is 469 g/mol. The van der Waals surface area contributed by atoms with Gasteiger partial charge in [0.25, 0.3) is 11.2 Å². The second-order valence-corrected chi connectivity index (χ2v) is 8.37. The lowest BCUT2D eigenvalue weighted by atomic mass is 9.92. The largest absolute Gasteiger partial charge is 0.369 e. The molecule has 0 aliphatic carbocycles. The molecular formula is C21H23N7O6. The molecule has 1 unspecified atom stereocenters. The van der Waals surface area contributed by atoms with Crippen LogP contribution in [-0.2, 0) is 14.4 Å². The first-order valence-corrected chi connectivity index (χ1v) is 10.7. The summed E-state index contributed by atoms with van der Waals surface area (Å²) >= 11 is 0. The van der Waals surface area contributed by atoms with E-state index in [9.17, 15) is 29.3 Å². The third kappa shape index (κ3) is 4.44. The number of nitrogens with one attached hydrogen (secondary N) is 3. The highest BCUT2D eigenvalue weighted by Crippen LogP contribution is 2.32. The normalized spacial score (nSPS) is 18.1. The Labute approximate surface area is 192 Å². The van der Waals surface area contributed by atoms with E-state index in [-0.39, 0.29) is 47.0 Å². The molecule has 0 saturated carbocycles. The predicted octanol–water partition coefficient (Wildman–Crippen LogP) is 0.753. The number of nitro groups is 1. The molecule has 34 heavy (non-hydrogen) atoms. The number of anilines is 3. The van der Waals surface area contributed by atoms with Crippen LogP contribution < -0.4 is 26.8 Å². The number of aromatic nitrogens is 2. The molecule has 13 heteroatoms. The number of aromatic amines is 1. The van der Waals surface area contributed by atoms with E-state index in [0.717, 1.165) is 0 Å². The molecule has 3 heterocycles. The number of amides is 3. The number of hydrogen-bond acceptors (Lipinski definition) is 8. The predicted molar refractivity (Wildman–Crippen MR) is 121 cm³/mol. The quantitative estimate of drug-likeness (QED) is 0.364. The van der Waals surface area contributed by atoms with Crippen molar-refractivity contribution in [3.63, 3.8) is 0 Å². The number of non-ortho nitro benzene ring substituents is 1. The van der Waals surface area contributed by atoms with Gasteiger partial charge < -0.3 is 21.3 Å². The van der Waals surface area contributed by atoms with Crippen LogP contribution in [-0.4, -0.2) is 45.7 Å². The van der Waals surface area contributed by atoms with Gasteiger partial charge in [-0.2, -0.15) is 4.98 Å². The maximum absolute atomic E-state index is 13.1. The van der Waals surface area contributed by atoms with Gasteiger partial charge in [0, 0.05) is 37.6 Å². The molecule has 0 spiro atoms. The van der Waals surface area contributed by atoms with Gasteiger partial charge in [0.1, 0.15) is 5.82 Å². The fourth-order valence-electron chi connectivity index (χ4n) is 4.19. The molecule has 1 aromatic carbocycles. The van der Waals surface area contributed by atoms with Crippen molar-refractivity contribution in [3.8, 4) is 0 Å². The Morgan fingerprint density at radius 3 is 2.62 bits per heavy atom. The van der Waals surface area contributed by atoms with Crippen LogP contribution in [0.1, 0.15) is 36.3 Å². The molecule has 4 rings (SSSR count). The molecule has 0 radical (unpaired) electrons. The Balaban J connectivity index is 1.61. The topological polar surface area (TPSA) is 193 Å². The van der Waals surface area contributed by atoms with Crippen molar-refractivity contribution in [1.29, 1.82) is 0 Å². The number of aryl methyl sites for hydroxylation is 1. The molecule has 1 aromatic heterocycles. The van der Waals surface area contributed by atoms with Crippen molar-refractivity contribution >= 4 is 40.9 Å². The van der Waals surface area contributed by atoms with E-state index >= 15 is 0 Å².